The average Bonchev–Trinajstić information content (AvgIpc) is 2.30. The maximum atomic E-state index is 11.1. The van der Waals surface area contributed by atoms with Gasteiger partial charge in [-0.1, -0.05) is 0 Å². The quantitative estimate of drug-likeness (QED) is 0.671. The third-order valence-electron chi connectivity index (χ3n) is 2.03. The van der Waals surface area contributed by atoms with E-state index < -0.39 is 0 Å². The van der Waals surface area contributed by atoms with Crippen molar-refractivity contribution < 1.29 is 14.3 Å². The normalized spacial score (nSPS) is 9.44. The second kappa shape index (κ2) is 5.11. The molecular formula is C10H15N3O3. The Kier molecular flexibility index (Phi) is 3.82. The van der Waals surface area contributed by atoms with Crippen LogP contribution in [0.25, 0.3) is 0 Å². The third-order valence-corrected chi connectivity index (χ3v) is 2.03. The number of hydrogen-bond donors (Lipinski definition) is 3. The van der Waals surface area contributed by atoms with Gasteiger partial charge >= 0.3 is 6.03 Å². The van der Waals surface area contributed by atoms with Crippen LogP contribution in [0.5, 0.6) is 11.5 Å². The first-order chi connectivity index (χ1) is 7.62. The zero-order valence-electron chi connectivity index (χ0n) is 9.46. The first-order valence-electron chi connectivity index (χ1n) is 4.62. The van der Waals surface area contributed by atoms with Gasteiger partial charge < -0.3 is 25.8 Å². The highest BCUT2D eigenvalue weighted by atomic mass is 16.5. The van der Waals surface area contributed by atoms with E-state index in [-0.39, 0.29) is 6.03 Å². The summed E-state index contributed by atoms with van der Waals surface area (Å²) in [6.07, 6.45) is 0. The number of nitrogen functional groups attached to an aromatic ring is 1. The standard InChI is InChI=1S/C10H15N3O3/c1-12-10(14)13-7-5-9(16-3)8(15-2)4-6(7)11/h4-5H,11H2,1-3H3,(H2,12,13,14). The van der Waals surface area contributed by atoms with E-state index in [4.69, 9.17) is 15.2 Å². The Morgan fingerprint density at radius 1 is 1.25 bits per heavy atom. The molecule has 0 bridgehead atoms. The summed E-state index contributed by atoms with van der Waals surface area (Å²) in [5.74, 6) is 1.02. The monoisotopic (exact) mass is 225 g/mol. The lowest BCUT2D eigenvalue weighted by atomic mass is 10.2. The van der Waals surface area contributed by atoms with Crippen molar-refractivity contribution in [3.8, 4) is 11.5 Å². The van der Waals surface area contributed by atoms with Crippen molar-refractivity contribution in [1.82, 2.24) is 5.32 Å². The molecule has 0 unspecified atom stereocenters. The lowest BCUT2D eigenvalue weighted by Crippen LogP contribution is -2.25. The molecule has 0 aliphatic heterocycles. The van der Waals surface area contributed by atoms with Crippen molar-refractivity contribution in [2.75, 3.05) is 32.3 Å². The van der Waals surface area contributed by atoms with E-state index in [1.807, 2.05) is 0 Å². The van der Waals surface area contributed by atoms with Crippen LogP contribution in [0.15, 0.2) is 12.1 Å². The predicted molar refractivity (Wildman–Crippen MR) is 62.0 cm³/mol. The Hall–Kier alpha value is -2.11. The number of methoxy groups -OCH3 is 2. The largest absolute Gasteiger partial charge is 0.493 e. The number of urea groups is 1. The molecule has 1 aromatic rings. The molecule has 0 aromatic heterocycles. The van der Waals surface area contributed by atoms with Gasteiger partial charge in [0.05, 0.1) is 25.6 Å². The van der Waals surface area contributed by atoms with Crippen LogP contribution in [0, 0.1) is 0 Å². The molecule has 0 heterocycles. The molecule has 0 spiro atoms. The van der Waals surface area contributed by atoms with Crippen molar-refractivity contribution in [1.29, 1.82) is 0 Å². The molecule has 0 saturated heterocycles. The number of hydrogen-bond acceptors (Lipinski definition) is 4. The number of nitrogens with two attached hydrogens (primary N) is 1. The molecule has 1 rings (SSSR count). The first-order valence-corrected chi connectivity index (χ1v) is 4.62. The first kappa shape index (κ1) is 12.0. The van der Waals surface area contributed by atoms with Crippen molar-refractivity contribution in [2.45, 2.75) is 0 Å². The van der Waals surface area contributed by atoms with E-state index in [1.54, 1.807) is 12.1 Å². The number of ether oxygens (including phenoxy) is 2. The summed E-state index contributed by atoms with van der Waals surface area (Å²) in [7, 11) is 4.55. The summed E-state index contributed by atoms with van der Waals surface area (Å²) in [4.78, 5) is 11.1. The van der Waals surface area contributed by atoms with Crippen LogP contribution >= 0.6 is 0 Å². The second-order valence-corrected chi connectivity index (χ2v) is 3.00. The van der Waals surface area contributed by atoms with E-state index in [0.29, 0.717) is 22.9 Å². The highest BCUT2D eigenvalue weighted by molar-refractivity contribution is 5.93. The van der Waals surface area contributed by atoms with Crippen LogP contribution in [0.1, 0.15) is 0 Å². The van der Waals surface area contributed by atoms with E-state index in [0.717, 1.165) is 0 Å². The Bertz CT molecular complexity index is 393. The van der Waals surface area contributed by atoms with Gasteiger partial charge in [-0.3, -0.25) is 0 Å². The predicted octanol–water partition coefficient (Wildman–Crippen LogP) is 1.04. The summed E-state index contributed by atoms with van der Waals surface area (Å²) in [5, 5.41) is 5.00. The summed E-state index contributed by atoms with van der Waals surface area (Å²) >= 11 is 0. The number of anilines is 2. The number of nitrogens with one attached hydrogen (secondary N) is 2. The SMILES string of the molecule is CNC(=O)Nc1cc(OC)c(OC)cc1N. The minimum atomic E-state index is -0.348. The Balaban J connectivity index is 3.06. The van der Waals surface area contributed by atoms with Crippen LogP contribution in [0.2, 0.25) is 0 Å². The molecule has 6 nitrogen and oxygen atoms in total. The van der Waals surface area contributed by atoms with Crippen molar-refractivity contribution >= 4 is 17.4 Å². The van der Waals surface area contributed by atoms with Gasteiger partial charge in [0.2, 0.25) is 0 Å². The van der Waals surface area contributed by atoms with Crippen LogP contribution in [-0.4, -0.2) is 27.3 Å². The molecule has 0 aliphatic carbocycles. The third kappa shape index (κ3) is 2.47. The van der Waals surface area contributed by atoms with Gasteiger partial charge in [0, 0.05) is 19.2 Å². The minimum Gasteiger partial charge on any atom is -0.493 e. The summed E-state index contributed by atoms with van der Waals surface area (Å²) in [6.45, 7) is 0. The van der Waals surface area contributed by atoms with Gasteiger partial charge in [-0.15, -0.1) is 0 Å². The number of carbonyl (C=O) groups is 1. The number of amides is 2. The zero-order valence-corrected chi connectivity index (χ0v) is 9.46. The van der Waals surface area contributed by atoms with Gasteiger partial charge in [0.15, 0.2) is 11.5 Å². The van der Waals surface area contributed by atoms with Crippen LogP contribution in [-0.2, 0) is 0 Å². The zero-order chi connectivity index (χ0) is 12.1. The second-order valence-electron chi connectivity index (χ2n) is 3.00. The fourth-order valence-corrected chi connectivity index (χ4v) is 1.19. The molecule has 2 amide bonds. The smallest absolute Gasteiger partial charge is 0.319 e. The molecule has 0 atom stereocenters. The van der Waals surface area contributed by atoms with E-state index in [2.05, 4.69) is 10.6 Å². The van der Waals surface area contributed by atoms with Gasteiger partial charge in [-0.05, 0) is 0 Å². The fraction of sp³-hybridized carbons (Fsp3) is 0.300. The minimum absolute atomic E-state index is 0.348. The average molecular weight is 225 g/mol. The lowest BCUT2D eigenvalue weighted by molar-refractivity contribution is 0.254. The Morgan fingerprint density at radius 2 is 1.81 bits per heavy atom. The van der Waals surface area contributed by atoms with E-state index in [1.165, 1.54) is 21.3 Å². The van der Waals surface area contributed by atoms with Crippen LogP contribution < -0.4 is 25.8 Å². The fourth-order valence-electron chi connectivity index (χ4n) is 1.19. The van der Waals surface area contributed by atoms with Crippen molar-refractivity contribution in [3.05, 3.63) is 12.1 Å². The molecule has 0 saturated carbocycles. The Morgan fingerprint density at radius 3 is 2.31 bits per heavy atom. The molecule has 6 heteroatoms. The summed E-state index contributed by atoms with van der Waals surface area (Å²) < 4.78 is 10.2. The highest BCUT2D eigenvalue weighted by Crippen LogP contribution is 2.34. The molecule has 0 fully saturated rings. The van der Waals surface area contributed by atoms with Crippen molar-refractivity contribution in [2.24, 2.45) is 0 Å². The summed E-state index contributed by atoms with van der Waals surface area (Å²) in [6, 6.07) is 2.84. The summed E-state index contributed by atoms with van der Waals surface area (Å²) in [5.41, 5.74) is 6.62. The van der Waals surface area contributed by atoms with E-state index in [9.17, 15) is 4.79 Å². The highest BCUT2D eigenvalue weighted by Gasteiger charge is 2.10. The van der Waals surface area contributed by atoms with Gasteiger partial charge in [-0.2, -0.15) is 0 Å². The van der Waals surface area contributed by atoms with Crippen LogP contribution in [0.3, 0.4) is 0 Å². The van der Waals surface area contributed by atoms with Crippen LogP contribution in [0.4, 0.5) is 16.2 Å². The topological polar surface area (TPSA) is 85.6 Å². The van der Waals surface area contributed by atoms with Crippen molar-refractivity contribution in [3.63, 3.8) is 0 Å². The molecule has 16 heavy (non-hydrogen) atoms. The number of benzene rings is 1. The molecule has 88 valence electrons. The van der Waals surface area contributed by atoms with Gasteiger partial charge in [-0.25, -0.2) is 4.79 Å². The maximum absolute atomic E-state index is 11.1. The number of rotatable bonds is 3. The molecule has 1 aromatic carbocycles. The van der Waals surface area contributed by atoms with Gasteiger partial charge in [0.25, 0.3) is 0 Å². The molecule has 0 radical (unpaired) electrons. The maximum Gasteiger partial charge on any atom is 0.319 e. The molecule has 4 N–H and O–H groups in total. The lowest BCUT2D eigenvalue weighted by Gasteiger charge is -2.12. The van der Waals surface area contributed by atoms with E-state index >= 15 is 0 Å². The molecular weight excluding hydrogens is 210 g/mol. The Labute approximate surface area is 93.7 Å². The number of carbonyl (C=O) groups excluding carboxylic acids is 1. The van der Waals surface area contributed by atoms with Gasteiger partial charge in [0.1, 0.15) is 0 Å². The molecule has 0 aliphatic rings.